The molecule has 0 aromatic heterocycles. The topological polar surface area (TPSA) is 66.3 Å². The lowest BCUT2D eigenvalue weighted by Gasteiger charge is -2.24. The number of hydrazine groups is 1. The van der Waals surface area contributed by atoms with Crippen molar-refractivity contribution in [2.45, 2.75) is 25.9 Å². The molecule has 1 N–H and O–H groups in total. The van der Waals surface area contributed by atoms with Gasteiger partial charge in [-0.25, -0.2) is 4.79 Å². The van der Waals surface area contributed by atoms with Gasteiger partial charge in [-0.05, 0) is 34.6 Å². The van der Waals surface area contributed by atoms with Crippen LogP contribution in [-0.4, -0.2) is 11.3 Å². The number of nitrogens with zero attached hydrogens (tertiary/aromatic N) is 3. The fourth-order valence-electron chi connectivity index (χ4n) is 1.68. The molecule has 0 amide bonds. The van der Waals surface area contributed by atoms with Crippen LogP contribution in [0.5, 0.6) is 0 Å². The standard InChI is InChI=1S/C11H13ClN4O2/c1-3-11(9-4-6-10(12)7-5-9)13-15-16(14-11)18-8(2)17/h4-7,14H,3H2,1-2H3. The third-order valence-electron chi connectivity index (χ3n) is 2.63. The predicted octanol–water partition coefficient (Wildman–Crippen LogP) is 2.57. The minimum atomic E-state index is -0.722. The first kappa shape index (κ1) is 12.8. The lowest BCUT2D eigenvalue weighted by atomic mass is 9.98. The van der Waals surface area contributed by atoms with Crippen molar-refractivity contribution < 1.29 is 9.63 Å². The number of benzene rings is 1. The van der Waals surface area contributed by atoms with Gasteiger partial charge in [0.05, 0.1) is 0 Å². The second kappa shape index (κ2) is 4.91. The normalized spacial score (nSPS) is 22.3. The molecular weight excluding hydrogens is 256 g/mol. The van der Waals surface area contributed by atoms with Crippen LogP contribution in [0.25, 0.3) is 0 Å². The maximum Gasteiger partial charge on any atom is 0.333 e. The van der Waals surface area contributed by atoms with Crippen LogP contribution in [0.4, 0.5) is 0 Å². The lowest BCUT2D eigenvalue weighted by Crippen LogP contribution is -2.44. The Bertz CT molecular complexity index is 476. The molecule has 0 saturated heterocycles. The molecule has 2 rings (SSSR count). The number of carbonyl (C=O) groups excluding carboxylic acids is 1. The zero-order chi connectivity index (χ0) is 13.2. The van der Waals surface area contributed by atoms with Gasteiger partial charge in [0, 0.05) is 11.9 Å². The van der Waals surface area contributed by atoms with Crippen molar-refractivity contribution in [1.29, 1.82) is 0 Å². The van der Waals surface area contributed by atoms with E-state index in [0.717, 1.165) is 10.8 Å². The van der Waals surface area contributed by atoms with Crippen LogP contribution in [-0.2, 0) is 15.3 Å². The molecule has 1 aromatic carbocycles. The van der Waals surface area contributed by atoms with Crippen molar-refractivity contribution >= 4 is 17.6 Å². The fraction of sp³-hybridized carbons (Fsp3) is 0.364. The molecule has 1 unspecified atom stereocenters. The molecule has 1 atom stereocenters. The molecule has 0 radical (unpaired) electrons. The van der Waals surface area contributed by atoms with Crippen LogP contribution >= 0.6 is 11.6 Å². The molecule has 0 spiro atoms. The van der Waals surface area contributed by atoms with E-state index in [1.165, 1.54) is 6.92 Å². The Labute approximate surface area is 109 Å². The minimum absolute atomic E-state index is 0.468. The number of rotatable bonds is 3. The second-order valence-electron chi connectivity index (χ2n) is 3.88. The smallest absolute Gasteiger partial charge is 0.307 e. The van der Waals surface area contributed by atoms with E-state index < -0.39 is 11.6 Å². The molecule has 1 aliphatic heterocycles. The van der Waals surface area contributed by atoms with E-state index in [2.05, 4.69) is 15.8 Å². The molecule has 0 bridgehead atoms. The van der Waals surface area contributed by atoms with Gasteiger partial charge in [0.1, 0.15) is 0 Å². The van der Waals surface area contributed by atoms with Gasteiger partial charge in [0.15, 0.2) is 5.66 Å². The molecule has 0 fully saturated rings. The highest BCUT2D eigenvalue weighted by molar-refractivity contribution is 6.30. The summed E-state index contributed by atoms with van der Waals surface area (Å²) in [6, 6.07) is 7.27. The maximum atomic E-state index is 10.9. The van der Waals surface area contributed by atoms with Gasteiger partial charge >= 0.3 is 5.97 Å². The maximum absolute atomic E-state index is 10.9. The molecule has 96 valence electrons. The van der Waals surface area contributed by atoms with Gasteiger partial charge in [-0.1, -0.05) is 30.7 Å². The molecule has 1 heterocycles. The number of nitrogens with one attached hydrogen (secondary N) is 1. The number of hydrogen-bond acceptors (Lipinski definition) is 6. The number of halogens is 1. The molecule has 7 heteroatoms. The van der Waals surface area contributed by atoms with E-state index in [-0.39, 0.29) is 0 Å². The van der Waals surface area contributed by atoms with Gasteiger partial charge in [-0.15, -0.1) is 10.5 Å². The average molecular weight is 269 g/mol. The van der Waals surface area contributed by atoms with Crippen LogP contribution in [0.3, 0.4) is 0 Å². The van der Waals surface area contributed by atoms with Crippen molar-refractivity contribution in [2.75, 3.05) is 0 Å². The molecule has 0 saturated carbocycles. The molecule has 0 aliphatic carbocycles. The summed E-state index contributed by atoms with van der Waals surface area (Å²) in [5, 5.41) is 9.53. The summed E-state index contributed by atoms with van der Waals surface area (Å²) in [6.45, 7) is 3.25. The molecular formula is C11H13ClN4O2. The SMILES string of the molecule is CCC1(c2ccc(Cl)cc2)N=NN(OC(C)=O)N1. The van der Waals surface area contributed by atoms with Crippen LogP contribution in [0.2, 0.25) is 5.02 Å². The van der Waals surface area contributed by atoms with Crippen molar-refractivity contribution in [2.24, 2.45) is 10.3 Å². The summed E-state index contributed by atoms with van der Waals surface area (Å²) in [7, 11) is 0. The van der Waals surface area contributed by atoms with E-state index in [9.17, 15) is 4.79 Å². The largest absolute Gasteiger partial charge is 0.333 e. The minimum Gasteiger partial charge on any atom is -0.307 e. The average Bonchev–Trinajstić information content (AvgIpc) is 2.74. The highest BCUT2D eigenvalue weighted by Gasteiger charge is 2.38. The zero-order valence-electron chi connectivity index (χ0n) is 10.1. The van der Waals surface area contributed by atoms with Gasteiger partial charge < -0.3 is 4.84 Å². The summed E-state index contributed by atoms with van der Waals surface area (Å²) in [6.07, 6.45) is 0.649. The highest BCUT2D eigenvalue weighted by Crippen LogP contribution is 2.32. The molecule has 18 heavy (non-hydrogen) atoms. The van der Waals surface area contributed by atoms with Gasteiger partial charge in [0.2, 0.25) is 0 Å². The van der Waals surface area contributed by atoms with Crippen LogP contribution in [0.1, 0.15) is 25.8 Å². The van der Waals surface area contributed by atoms with Crippen LogP contribution < -0.4 is 5.43 Å². The zero-order valence-corrected chi connectivity index (χ0v) is 10.8. The predicted molar refractivity (Wildman–Crippen MR) is 65.0 cm³/mol. The Morgan fingerprint density at radius 3 is 2.72 bits per heavy atom. The first-order chi connectivity index (χ1) is 8.55. The third kappa shape index (κ3) is 2.44. The monoisotopic (exact) mass is 268 g/mol. The molecule has 1 aromatic rings. The third-order valence-corrected chi connectivity index (χ3v) is 2.88. The van der Waals surface area contributed by atoms with Gasteiger partial charge in [-0.2, -0.15) is 0 Å². The first-order valence-corrected chi connectivity index (χ1v) is 5.89. The van der Waals surface area contributed by atoms with Crippen molar-refractivity contribution in [3.8, 4) is 0 Å². The summed E-state index contributed by atoms with van der Waals surface area (Å²) in [5.41, 5.74) is 3.11. The van der Waals surface area contributed by atoms with Crippen molar-refractivity contribution in [3.63, 3.8) is 0 Å². The Hall–Kier alpha value is -1.66. The number of hydrogen-bond donors (Lipinski definition) is 1. The summed E-state index contributed by atoms with van der Waals surface area (Å²) < 4.78 is 0. The van der Waals surface area contributed by atoms with E-state index in [1.807, 2.05) is 19.1 Å². The quantitative estimate of drug-likeness (QED) is 0.915. The second-order valence-corrected chi connectivity index (χ2v) is 4.31. The van der Waals surface area contributed by atoms with Gasteiger partial charge in [0.25, 0.3) is 0 Å². The Kier molecular flexibility index (Phi) is 3.49. The number of carbonyl (C=O) groups is 1. The van der Waals surface area contributed by atoms with E-state index in [1.54, 1.807) is 12.1 Å². The van der Waals surface area contributed by atoms with E-state index in [4.69, 9.17) is 16.4 Å². The Morgan fingerprint density at radius 1 is 1.50 bits per heavy atom. The first-order valence-electron chi connectivity index (χ1n) is 5.51. The fourth-order valence-corrected chi connectivity index (χ4v) is 1.81. The molecule has 1 aliphatic rings. The Morgan fingerprint density at radius 2 is 2.17 bits per heavy atom. The Balaban J connectivity index is 2.21. The van der Waals surface area contributed by atoms with Crippen LogP contribution in [0, 0.1) is 0 Å². The highest BCUT2D eigenvalue weighted by atomic mass is 35.5. The lowest BCUT2D eigenvalue weighted by molar-refractivity contribution is -0.205. The van der Waals surface area contributed by atoms with E-state index >= 15 is 0 Å². The van der Waals surface area contributed by atoms with E-state index in [0.29, 0.717) is 11.4 Å². The van der Waals surface area contributed by atoms with Crippen molar-refractivity contribution in [3.05, 3.63) is 34.9 Å². The summed E-state index contributed by atoms with van der Waals surface area (Å²) in [4.78, 5) is 15.7. The summed E-state index contributed by atoms with van der Waals surface area (Å²) in [5.74, 6) is -0.468. The van der Waals surface area contributed by atoms with Gasteiger partial charge in [-0.3, -0.25) is 0 Å². The summed E-state index contributed by atoms with van der Waals surface area (Å²) >= 11 is 5.85. The molecule has 6 nitrogen and oxygen atoms in total. The van der Waals surface area contributed by atoms with Crippen LogP contribution in [0.15, 0.2) is 34.6 Å². The van der Waals surface area contributed by atoms with Crippen molar-refractivity contribution in [1.82, 2.24) is 10.7 Å².